The molecular formula is C9H9BN2O5S. The highest BCUT2D eigenvalue weighted by molar-refractivity contribution is 8.00. The molecule has 4 atom stereocenters. The monoisotopic (exact) mass is 268 g/mol. The summed E-state index contributed by atoms with van der Waals surface area (Å²) in [5, 5.41) is -0.376. The van der Waals surface area contributed by atoms with Crippen LogP contribution in [0, 0.1) is 5.92 Å². The first kappa shape index (κ1) is 11.9. The number of nitrogens with zero attached hydrogens (tertiary/aromatic N) is 1. The van der Waals surface area contributed by atoms with Crippen molar-refractivity contribution in [3.05, 3.63) is 0 Å². The number of esters is 1. The highest BCUT2D eigenvalue weighted by atomic mass is 32.2. The zero-order chi connectivity index (χ0) is 13.1. The minimum atomic E-state index is -1.71. The number of nitrogens with two attached hydrogens (primary N) is 1. The Kier molecular flexibility index (Phi) is 2.40. The Morgan fingerprint density at radius 1 is 1.61 bits per heavy atom. The molecule has 0 saturated carbocycles. The maximum absolute atomic E-state index is 11.9. The van der Waals surface area contributed by atoms with Crippen molar-refractivity contribution in [1.29, 1.82) is 0 Å². The predicted molar refractivity (Wildman–Crippen MR) is 59.8 cm³/mol. The van der Waals surface area contributed by atoms with E-state index in [4.69, 9.17) is 18.5 Å². The molecule has 2 radical (unpaired) electrons. The van der Waals surface area contributed by atoms with Gasteiger partial charge in [0.15, 0.2) is 0 Å². The molecule has 0 aromatic rings. The Balaban J connectivity index is 2.04. The average molecular weight is 268 g/mol. The fourth-order valence-electron chi connectivity index (χ4n) is 2.68. The molecule has 3 aliphatic rings. The molecule has 0 aromatic carbocycles. The lowest BCUT2D eigenvalue weighted by molar-refractivity contribution is -0.212. The van der Waals surface area contributed by atoms with Crippen LogP contribution < -0.4 is 5.73 Å². The van der Waals surface area contributed by atoms with E-state index in [1.54, 1.807) is 0 Å². The molecule has 9 heteroatoms. The molecule has 0 bridgehead atoms. The SMILES string of the molecule is [B]OC(=O)[C@]12OC(=O)C[C@H]1CS[C@@H]1[C@H](N)C(=O)N12. The molecule has 1 amide bonds. The first-order valence-corrected chi connectivity index (χ1v) is 6.40. The number of thioether (sulfide) groups is 1. The van der Waals surface area contributed by atoms with Gasteiger partial charge in [-0.2, -0.15) is 0 Å². The van der Waals surface area contributed by atoms with E-state index in [0.717, 1.165) is 0 Å². The van der Waals surface area contributed by atoms with Crippen LogP contribution in [-0.2, 0) is 23.8 Å². The van der Waals surface area contributed by atoms with Gasteiger partial charge in [0.25, 0.3) is 5.72 Å². The van der Waals surface area contributed by atoms with Gasteiger partial charge in [0.05, 0.1) is 6.42 Å². The third kappa shape index (κ3) is 1.18. The van der Waals surface area contributed by atoms with Crippen molar-refractivity contribution in [2.75, 3.05) is 5.75 Å². The summed E-state index contributed by atoms with van der Waals surface area (Å²) in [6.45, 7) is 0. The minimum Gasteiger partial charge on any atom is -0.539 e. The van der Waals surface area contributed by atoms with E-state index < -0.39 is 35.5 Å². The van der Waals surface area contributed by atoms with Crippen LogP contribution in [0.4, 0.5) is 0 Å². The van der Waals surface area contributed by atoms with E-state index in [2.05, 4.69) is 4.65 Å². The Morgan fingerprint density at radius 3 is 3.00 bits per heavy atom. The quantitative estimate of drug-likeness (QED) is 0.337. The number of fused-ring (bicyclic) bond motifs is 3. The summed E-state index contributed by atoms with van der Waals surface area (Å²) in [6.07, 6.45) is 0.0633. The molecule has 2 N–H and O–H groups in total. The number of carbonyl (C=O) groups excluding carboxylic acids is 3. The molecule has 3 fully saturated rings. The molecule has 94 valence electrons. The second-order valence-corrected chi connectivity index (χ2v) is 5.58. The van der Waals surface area contributed by atoms with Crippen LogP contribution in [-0.4, -0.2) is 53.7 Å². The van der Waals surface area contributed by atoms with Gasteiger partial charge in [-0.25, -0.2) is 4.79 Å². The molecule has 3 rings (SSSR count). The summed E-state index contributed by atoms with van der Waals surface area (Å²) in [7, 11) is 4.89. The molecule has 0 aliphatic carbocycles. The highest BCUT2D eigenvalue weighted by Gasteiger charge is 2.70. The number of amides is 1. The summed E-state index contributed by atoms with van der Waals surface area (Å²) < 4.78 is 9.32. The molecule has 0 spiro atoms. The zero-order valence-corrected chi connectivity index (χ0v) is 10.0. The van der Waals surface area contributed by atoms with Gasteiger partial charge in [0, 0.05) is 11.7 Å². The standard InChI is InChI=1S/C9H9BN2O5S/c10-17-8(15)9-3(1-4(13)16-9)2-18-7-5(11)6(14)12(7)9/h3,5,7H,1-2,11H2/t3-,5+,7+,9+/m0/s1. The summed E-state index contributed by atoms with van der Waals surface area (Å²) >= 11 is 1.43. The minimum absolute atomic E-state index is 0.0633. The van der Waals surface area contributed by atoms with Gasteiger partial charge in [-0.1, -0.05) is 0 Å². The number of ether oxygens (including phenoxy) is 1. The summed E-state index contributed by atoms with van der Waals surface area (Å²) in [6, 6.07) is -0.683. The Hall–Kier alpha value is -1.22. The third-order valence-electron chi connectivity index (χ3n) is 3.55. The van der Waals surface area contributed by atoms with E-state index in [-0.39, 0.29) is 11.8 Å². The van der Waals surface area contributed by atoms with Crippen LogP contribution in [0.25, 0.3) is 0 Å². The maximum atomic E-state index is 11.9. The van der Waals surface area contributed by atoms with E-state index in [0.29, 0.717) is 5.75 Å². The van der Waals surface area contributed by atoms with E-state index >= 15 is 0 Å². The molecule has 18 heavy (non-hydrogen) atoms. The van der Waals surface area contributed by atoms with Gasteiger partial charge in [0.1, 0.15) is 11.4 Å². The van der Waals surface area contributed by atoms with Gasteiger partial charge in [-0.05, 0) is 0 Å². The van der Waals surface area contributed by atoms with Crippen LogP contribution >= 0.6 is 11.8 Å². The number of carbonyl (C=O) groups is 3. The largest absolute Gasteiger partial charge is 0.539 e. The lowest BCUT2D eigenvalue weighted by Crippen LogP contribution is -2.79. The Labute approximate surface area is 108 Å². The first-order valence-electron chi connectivity index (χ1n) is 5.35. The van der Waals surface area contributed by atoms with Crippen LogP contribution in [0.15, 0.2) is 0 Å². The van der Waals surface area contributed by atoms with Gasteiger partial charge in [-0.15, -0.1) is 11.8 Å². The van der Waals surface area contributed by atoms with Gasteiger partial charge >= 0.3 is 20.0 Å². The van der Waals surface area contributed by atoms with Crippen LogP contribution in [0.2, 0.25) is 0 Å². The van der Waals surface area contributed by atoms with Crippen molar-refractivity contribution in [2.24, 2.45) is 11.7 Å². The normalized spacial score (nSPS) is 41.6. The number of hydrogen-bond acceptors (Lipinski definition) is 7. The fraction of sp³-hybridized carbons (Fsp3) is 0.667. The van der Waals surface area contributed by atoms with E-state index in [9.17, 15) is 14.4 Å². The number of rotatable bonds is 1. The predicted octanol–water partition coefficient (Wildman–Crippen LogP) is -1.89. The van der Waals surface area contributed by atoms with E-state index in [1.165, 1.54) is 16.7 Å². The Bertz CT molecular complexity index is 460. The summed E-state index contributed by atoms with van der Waals surface area (Å²) in [4.78, 5) is 36.3. The molecule has 3 aliphatic heterocycles. The van der Waals surface area contributed by atoms with Crippen LogP contribution in [0.5, 0.6) is 0 Å². The second-order valence-electron chi connectivity index (χ2n) is 4.43. The molecule has 0 unspecified atom stereocenters. The smallest absolute Gasteiger partial charge is 0.378 e. The highest BCUT2D eigenvalue weighted by Crippen LogP contribution is 2.51. The molecular weight excluding hydrogens is 259 g/mol. The lowest BCUT2D eigenvalue weighted by Gasteiger charge is -2.56. The second kappa shape index (κ2) is 3.64. The van der Waals surface area contributed by atoms with Gasteiger partial charge in [0.2, 0.25) is 5.91 Å². The number of hydrogen-bond donors (Lipinski definition) is 1. The lowest BCUT2D eigenvalue weighted by atomic mass is 9.89. The fourth-order valence-corrected chi connectivity index (χ4v) is 4.19. The van der Waals surface area contributed by atoms with Gasteiger partial charge < -0.3 is 15.1 Å². The first-order chi connectivity index (χ1) is 8.52. The van der Waals surface area contributed by atoms with Crippen molar-refractivity contribution >= 4 is 37.7 Å². The van der Waals surface area contributed by atoms with E-state index in [1.807, 2.05) is 0 Å². The summed E-state index contributed by atoms with van der Waals surface area (Å²) in [5.41, 5.74) is 3.95. The zero-order valence-electron chi connectivity index (χ0n) is 9.20. The van der Waals surface area contributed by atoms with Crippen LogP contribution in [0.3, 0.4) is 0 Å². The molecule has 3 saturated heterocycles. The van der Waals surface area contributed by atoms with Crippen molar-refractivity contribution in [3.8, 4) is 0 Å². The number of β-lactam (4-membered cyclic amide) rings is 1. The maximum Gasteiger partial charge on any atom is 0.378 e. The van der Waals surface area contributed by atoms with Crippen molar-refractivity contribution in [2.45, 2.75) is 23.6 Å². The summed E-state index contributed by atoms with van der Waals surface area (Å²) in [5.74, 6) is -1.86. The van der Waals surface area contributed by atoms with Crippen molar-refractivity contribution in [1.82, 2.24) is 4.90 Å². The molecule has 3 heterocycles. The third-order valence-corrected chi connectivity index (χ3v) is 4.99. The topological polar surface area (TPSA) is 98.9 Å². The molecule has 0 aromatic heterocycles. The van der Waals surface area contributed by atoms with Crippen LogP contribution in [0.1, 0.15) is 6.42 Å². The Morgan fingerprint density at radius 2 is 2.33 bits per heavy atom. The van der Waals surface area contributed by atoms with Crippen molar-refractivity contribution in [3.63, 3.8) is 0 Å². The van der Waals surface area contributed by atoms with Crippen molar-refractivity contribution < 1.29 is 23.8 Å². The van der Waals surface area contributed by atoms with Gasteiger partial charge in [-0.3, -0.25) is 14.5 Å². The molecule has 7 nitrogen and oxygen atoms in total. The average Bonchev–Trinajstić information content (AvgIpc) is 2.71.